The number of nitrogens with one attached hydrogen (secondary N) is 2. The van der Waals surface area contributed by atoms with Crippen LogP contribution in [0.15, 0.2) is 34.1 Å². The molecule has 30 heavy (non-hydrogen) atoms. The highest BCUT2D eigenvalue weighted by Crippen LogP contribution is 2.39. The predicted molar refractivity (Wildman–Crippen MR) is 107 cm³/mol. The highest BCUT2D eigenvalue weighted by Gasteiger charge is 2.39. The lowest BCUT2D eigenvalue weighted by Crippen LogP contribution is -2.49. The first kappa shape index (κ1) is 21.8. The number of rotatable bonds is 8. The monoisotopic (exact) mass is 436 g/mol. The van der Waals surface area contributed by atoms with Crippen molar-refractivity contribution < 1.29 is 32.6 Å². The SMILES string of the molecule is CC(C)(NC(=O)C[C@H](NC(=O)OCC1=Cc2ccccc2S1(=O)=O)C(=O)O)C1CC1. The normalized spacial score (nSPS) is 18.0. The first-order chi connectivity index (χ1) is 14.0. The van der Waals surface area contributed by atoms with E-state index in [1.165, 1.54) is 12.1 Å². The van der Waals surface area contributed by atoms with Gasteiger partial charge in [-0.05, 0) is 50.3 Å². The number of carbonyl (C=O) groups is 3. The fourth-order valence-corrected chi connectivity index (χ4v) is 4.85. The van der Waals surface area contributed by atoms with Gasteiger partial charge in [0.05, 0.1) is 16.2 Å². The Labute approximate surface area is 174 Å². The van der Waals surface area contributed by atoms with E-state index in [2.05, 4.69) is 10.6 Å². The molecule has 1 saturated carbocycles. The standard InChI is InChI=1S/C20H24N2O7S/c1-20(2,13-7-8-13)22-17(23)10-15(18(24)25)21-19(26)29-11-14-9-12-5-3-4-6-16(12)30(14,27)28/h3-6,9,13,15H,7-8,10-11H2,1-2H3,(H,21,26)(H,22,23)(H,24,25)/t15-/m0/s1. The van der Waals surface area contributed by atoms with Gasteiger partial charge in [-0.25, -0.2) is 18.0 Å². The smallest absolute Gasteiger partial charge is 0.408 e. The highest BCUT2D eigenvalue weighted by molar-refractivity contribution is 7.95. The van der Waals surface area contributed by atoms with Crippen molar-refractivity contribution in [2.75, 3.05) is 6.61 Å². The molecule has 0 spiro atoms. The molecule has 1 heterocycles. The average Bonchev–Trinajstić information content (AvgIpc) is 3.46. The van der Waals surface area contributed by atoms with Gasteiger partial charge in [0, 0.05) is 5.54 Å². The molecule has 1 atom stereocenters. The van der Waals surface area contributed by atoms with Crippen molar-refractivity contribution in [3.63, 3.8) is 0 Å². The topological polar surface area (TPSA) is 139 Å². The Balaban J connectivity index is 1.55. The molecule has 10 heteroatoms. The Morgan fingerprint density at radius 1 is 1.23 bits per heavy atom. The zero-order valence-corrected chi connectivity index (χ0v) is 17.5. The number of sulfone groups is 1. The van der Waals surface area contributed by atoms with Gasteiger partial charge in [-0.3, -0.25) is 4.79 Å². The van der Waals surface area contributed by atoms with E-state index in [0.717, 1.165) is 12.8 Å². The van der Waals surface area contributed by atoms with Crippen molar-refractivity contribution in [2.24, 2.45) is 5.92 Å². The maximum absolute atomic E-state index is 12.4. The minimum absolute atomic E-state index is 0.102. The second-order valence-electron chi connectivity index (χ2n) is 8.01. The van der Waals surface area contributed by atoms with E-state index in [9.17, 15) is 27.9 Å². The Hall–Kier alpha value is -2.88. The molecule has 0 unspecified atom stereocenters. The van der Waals surface area contributed by atoms with Gasteiger partial charge in [0.15, 0.2) is 0 Å². The first-order valence-electron chi connectivity index (χ1n) is 9.52. The molecule has 0 radical (unpaired) electrons. The average molecular weight is 436 g/mol. The first-order valence-corrected chi connectivity index (χ1v) is 11.0. The molecule has 0 saturated heterocycles. The third-order valence-electron chi connectivity index (χ3n) is 5.25. The fourth-order valence-electron chi connectivity index (χ4n) is 3.38. The van der Waals surface area contributed by atoms with E-state index < -0.39 is 52.4 Å². The summed E-state index contributed by atoms with van der Waals surface area (Å²) in [6.07, 6.45) is 1.82. The number of carboxylic acid groups (broad SMARTS) is 1. The summed E-state index contributed by atoms with van der Waals surface area (Å²) in [5.41, 5.74) is 0.0498. The van der Waals surface area contributed by atoms with Crippen LogP contribution in [0.5, 0.6) is 0 Å². The van der Waals surface area contributed by atoms with Gasteiger partial charge in [-0.15, -0.1) is 0 Å². The molecule has 9 nitrogen and oxygen atoms in total. The molecule has 2 aliphatic rings. The lowest BCUT2D eigenvalue weighted by atomic mass is 9.98. The van der Waals surface area contributed by atoms with Gasteiger partial charge in [0.2, 0.25) is 15.7 Å². The van der Waals surface area contributed by atoms with Gasteiger partial charge in [-0.2, -0.15) is 0 Å². The molecule has 3 N–H and O–H groups in total. The maximum atomic E-state index is 12.4. The number of amides is 2. The van der Waals surface area contributed by atoms with Gasteiger partial charge in [0.1, 0.15) is 12.6 Å². The van der Waals surface area contributed by atoms with E-state index >= 15 is 0 Å². The number of hydrogen-bond donors (Lipinski definition) is 3. The van der Waals surface area contributed by atoms with Crippen molar-refractivity contribution in [3.05, 3.63) is 34.7 Å². The molecule has 1 fully saturated rings. The van der Waals surface area contributed by atoms with Crippen LogP contribution in [0.25, 0.3) is 6.08 Å². The van der Waals surface area contributed by atoms with Crippen molar-refractivity contribution in [2.45, 2.75) is 49.6 Å². The summed E-state index contributed by atoms with van der Waals surface area (Å²) < 4.78 is 29.8. The number of carbonyl (C=O) groups excluding carboxylic acids is 2. The van der Waals surface area contributed by atoms with Crippen molar-refractivity contribution >= 4 is 33.9 Å². The summed E-state index contributed by atoms with van der Waals surface area (Å²) in [5, 5.41) is 14.2. The van der Waals surface area contributed by atoms with Crippen LogP contribution in [0.2, 0.25) is 0 Å². The molecular formula is C20H24N2O7S. The fraction of sp³-hybridized carbons (Fsp3) is 0.450. The summed E-state index contributed by atoms with van der Waals surface area (Å²) in [6.45, 7) is 3.19. The number of carboxylic acids is 1. The molecule has 1 aromatic carbocycles. The van der Waals surface area contributed by atoms with Crippen LogP contribution in [-0.2, 0) is 24.2 Å². The van der Waals surface area contributed by atoms with E-state index in [0.29, 0.717) is 11.5 Å². The predicted octanol–water partition coefficient (Wildman–Crippen LogP) is 1.69. The Kier molecular flexibility index (Phi) is 5.89. The number of alkyl carbamates (subject to hydrolysis) is 1. The second-order valence-corrected chi connectivity index (χ2v) is 9.98. The number of fused-ring (bicyclic) bond motifs is 1. The summed E-state index contributed by atoms with van der Waals surface area (Å²) in [5.74, 6) is -1.55. The minimum Gasteiger partial charge on any atom is -0.480 e. The molecule has 162 valence electrons. The third-order valence-corrected chi connectivity index (χ3v) is 7.13. The highest BCUT2D eigenvalue weighted by atomic mass is 32.2. The summed E-state index contributed by atoms with van der Waals surface area (Å²) >= 11 is 0. The Morgan fingerprint density at radius 2 is 1.90 bits per heavy atom. The Morgan fingerprint density at radius 3 is 2.50 bits per heavy atom. The van der Waals surface area contributed by atoms with Crippen LogP contribution in [0.4, 0.5) is 4.79 Å². The molecule has 3 rings (SSSR count). The maximum Gasteiger partial charge on any atom is 0.408 e. The van der Waals surface area contributed by atoms with Crippen LogP contribution in [-0.4, -0.2) is 49.7 Å². The van der Waals surface area contributed by atoms with Crippen molar-refractivity contribution in [1.29, 1.82) is 0 Å². The molecule has 0 bridgehead atoms. The lowest BCUT2D eigenvalue weighted by molar-refractivity contribution is -0.141. The quantitative estimate of drug-likeness (QED) is 0.563. The molecule has 1 aliphatic carbocycles. The summed E-state index contributed by atoms with van der Waals surface area (Å²) in [6, 6.07) is 4.86. The number of ether oxygens (including phenoxy) is 1. The number of hydrogen-bond acceptors (Lipinski definition) is 6. The van der Waals surface area contributed by atoms with Crippen molar-refractivity contribution in [3.8, 4) is 0 Å². The molecule has 1 aromatic rings. The van der Waals surface area contributed by atoms with Crippen LogP contribution in [0.1, 0.15) is 38.7 Å². The molecule has 0 aromatic heterocycles. The zero-order valence-electron chi connectivity index (χ0n) is 16.7. The van der Waals surface area contributed by atoms with Gasteiger partial charge >= 0.3 is 12.1 Å². The summed E-state index contributed by atoms with van der Waals surface area (Å²) in [7, 11) is -3.75. The lowest BCUT2D eigenvalue weighted by Gasteiger charge is -2.27. The molecular weight excluding hydrogens is 412 g/mol. The number of benzene rings is 1. The Bertz CT molecular complexity index is 1010. The number of aliphatic carboxylic acids is 1. The van der Waals surface area contributed by atoms with Gasteiger partial charge in [-0.1, -0.05) is 18.2 Å². The van der Waals surface area contributed by atoms with Crippen LogP contribution in [0.3, 0.4) is 0 Å². The molecule has 1 aliphatic heterocycles. The second kappa shape index (κ2) is 8.10. The van der Waals surface area contributed by atoms with Crippen LogP contribution < -0.4 is 10.6 Å². The van der Waals surface area contributed by atoms with Crippen molar-refractivity contribution in [1.82, 2.24) is 10.6 Å². The molecule has 2 amide bonds. The summed E-state index contributed by atoms with van der Waals surface area (Å²) in [4.78, 5) is 35.7. The largest absolute Gasteiger partial charge is 0.480 e. The van der Waals surface area contributed by atoms with Crippen LogP contribution in [0, 0.1) is 5.92 Å². The zero-order chi connectivity index (χ0) is 22.1. The van der Waals surface area contributed by atoms with Gasteiger partial charge < -0.3 is 20.5 Å². The van der Waals surface area contributed by atoms with Crippen LogP contribution >= 0.6 is 0 Å². The van der Waals surface area contributed by atoms with E-state index in [1.807, 2.05) is 13.8 Å². The minimum atomic E-state index is -3.75. The van der Waals surface area contributed by atoms with Gasteiger partial charge in [0.25, 0.3) is 0 Å². The van der Waals surface area contributed by atoms with E-state index in [4.69, 9.17) is 4.74 Å². The van der Waals surface area contributed by atoms with E-state index in [-0.39, 0.29) is 9.80 Å². The third kappa shape index (κ3) is 4.81. The van der Waals surface area contributed by atoms with E-state index in [1.54, 1.807) is 18.2 Å².